The van der Waals surface area contributed by atoms with Crippen LogP contribution in [0.5, 0.6) is 0 Å². The predicted molar refractivity (Wildman–Crippen MR) is 120 cm³/mol. The molecule has 7 nitrogen and oxygen atoms in total. The number of carbonyl (C=O) groups excluding carboxylic acids is 1. The summed E-state index contributed by atoms with van der Waals surface area (Å²) in [6.07, 6.45) is 3.27. The Morgan fingerprint density at radius 3 is 2.23 bits per heavy atom. The molecule has 0 aliphatic carbocycles. The summed E-state index contributed by atoms with van der Waals surface area (Å²) < 4.78 is 29.0. The molecule has 0 spiro atoms. The fourth-order valence-electron chi connectivity index (χ4n) is 2.83. The van der Waals surface area contributed by atoms with E-state index in [0.29, 0.717) is 22.0 Å². The molecule has 0 saturated carbocycles. The smallest absolute Gasteiger partial charge is 0.261 e. The van der Waals surface area contributed by atoms with Crippen LogP contribution in [0.4, 0.5) is 11.4 Å². The zero-order valence-electron chi connectivity index (χ0n) is 16.1. The minimum absolute atomic E-state index is 0.0918. The number of hydrogen-bond donors (Lipinski definition) is 2. The highest BCUT2D eigenvalue weighted by atomic mass is 35.5. The molecule has 4 rings (SSSR count). The average Bonchev–Trinajstić information content (AvgIpc) is 3.23. The van der Waals surface area contributed by atoms with Crippen molar-refractivity contribution < 1.29 is 13.2 Å². The van der Waals surface area contributed by atoms with Crippen LogP contribution in [0.1, 0.15) is 10.4 Å². The van der Waals surface area contributed by atoms with Crippen LogP contribution < -0.4 is 10.0 Å². The minimum Gasteiger partial charge on any atom is -0.319 e. The lowest BCUT2D eigenvalue weighted by Crippen LogP contribution is -2.14. The van der Waals surface area contributed by atoms with E-state index in [1.54, 1.807) is 17.1 Å². The minimum atomic E-state index is -3.76. The quantitative estimate of drug-likeness (QED) is 0.448. The van der Waals surface area contributed by atoms with E-state index < -0.39 is 10.0 Å². The standard InChI is InChI=1S/C22H17ClN4O3S/c23-17-8-12-21(13-9-17)31(29,30)26-18-10-6-16(7-11-18)22(28)25-19-14-24-27(15-19)20-4-2-1-3-5-20/h1-15,26H,(H,25,28). The second-order valence-corrected chi connectivity index (χ2v) is 8.72. The van der Waals surface area contributed by atoms with Crippen LogP contribution in [-0.4, -0.2) is 24.1 Å². The number of amides is 1. The number of nitrogens with zero attached hydrogens (tertiary/aromatic N) is 2. The lowest BCUT2D eigenvalue weighted by molar-refractivity contribution is 0.102. The van der Waals surface area contributed by atoms with Gasteiger partial charge in [0.1, 0.15) is 0 Å². The predicted octanol–water partition coefficient (Wildman–Crippen LogP) is 4.58. The van der Waals surface area contributed by atoms with E-state index >= 15 is 0 Å². The Bertz CT molecular complexity index is 1300. The lowest BCUT2D eigenvalue weighted by Gasteiger charge is -2.09. The molecule has 156 valence electrons. The van der Waals surface area contributed by atoms with Crippen LogP contribution in [0.2, 0.25) is 5.02 Å². The van der Waals surface area contributed by atoms with Gasteiger partial charge in [-0.3, -0.25) is 9.52 Å². The molecule has 0 fully saturated rings. The number of rotatable bonds is 6. The second kappa shape index (κ2) is 8.63. The van der Waals surface area contributed by atoms with Gasteiger partial charge in [0.25, 0.3) is 15.9 Å². The molecule has 1 amide bonds. The third-order valence-electron chi connectivity index (χ3n) is 4.38. The van der Waals surface area contributed by atoms with Gasteiger partial charge in [0.2, 0.25) is 0 Å². The highest BCUT2D eigenvalue weighted by Crippen LogP contribution is 2.19. The summed E-state index contributed by atoms with van der Waals surface area (Å²) in [5.41, 5.74) is 2.13. The molecule has 31 heavy (non-hydrogen) atoms. The Morgan fingerprint density at radius 1 is 0.871 bits per heavy atom. The molecule has 0 radical (unpaired) electrons. The van der Waals surface area contributed by atoms with Crippen molar-refractivity contribution in [1.82, 2.24) is 9.78 Å². The number of para-hydroxylation sites is 1. The van der Waals surface area contributed by atoms with Gasteiger partial charge in [-0.1, -0.05) is 29.8 Å². The molecule has 9 heteroatoms. The SMILES string of the molecule is O=C(Nc1cnn(-c2ccccc2)c1)c1ccc(NS(=O)(=O)c2ccc(Cl)cc2)cc1. The van der Waals surface area contributed by atoms with Crippen molar-refractivity contribution in [3.05, 3.63) is 102 Å². The fraction of sp³-hybridized carbons (Fsp3) is 0. The number of halogens is 1. The van der Waals surface area contributed by atoms with Crippen molar-refractivity contribution in [2.45, 2.75) is 4.90 Å². The first-order valence-electron chi connectivity index (χ1n) is 9.21. The number of sulfonamides is 1. The van der Waals surface area contributed by atoms with Crippen LogP contribution in [0, 0.1) is 0 Å². The molecule has 4 aromatic rings. The van der Waals surface area contributed by atoms with Gasteiger partial charge in [-0.15, -0.1) is 0 Å². The fourth-order valence-corrected chi connectivity index (χ4v) is 4.01. The molecular weight excluding hydrogens is 436 g/mol. The zero-order valence-corrected chi connectivity index (χ0v) is 17.6. The van der Waals surface area contributed by atoms with E-state index in [2.05, 4.69) is 15.1 Å². The molecule has 0 aliphatic rings. The average molecular weight is 453 g/mol. The summed E-state index contributed by atoms with van der Waals surface area (Å²) in [5.74, 6) is -0.334. The molecule has 0 atom stereocenters. The number of aromatic nitrogens is 2. The number of nitrogens with one attached hydrogen (secondary N) is 2. The van der Waals surface area contributed by atoms with Crippen molar-refractivity contribution in [3.63, 3.8) is 0 Å². The largest absolute Gasteiger partial charge is 0.319 e. The van der Waals surface area contributed by atoms with Gasteiger partial charge in [0.05, 0.1) is 28.7 Å². The van der Waals surface area contributed by atoms with Gasteiger partial charge in [-0.05, 0) is 60.7 Å². The van der Waals surface area contributed by atoms with Gasteiger partial charge >= 0.3 is 0 Å². The number of carbonyl (C=O) groups is 1. The molecule has 2 N–H and O–H groups in total. The first-order chi connectivity index (χ1) is 14.9. The second-order valence-electron chi connectivity index (χ2n) is 6.60. The van der Waals surface area contributed by atoms with Crippen molar-refractivity contribution in [3.8, 4) is 5.69 Å². The number of anilines is 2. The topological polar surface area (TPSA) is 93.1 Å². The van der Waals surface area contributed by atoms with Crippen molar-refractivity contribution in [1.29, 1.82) is 0 Å². The first kappa shape index (κ1) is 20.6. The van der Waals surface area contributed by atoms with E-state index in [1.807, 2.05) is 30.3 Å². The number of benzene rings is 3. The highest BCUT2D eigenvalue weighted by molar-refractivity contribution is 7.92. The molecule has 0 bridgehead atoms. The summed E-state index contributed by atoms with van der Waals surface area (Å²) in [5, 5.41) is 7.46. The van der Waals surface area contributed by atoms with E-state index in [9.17, 15) is 13.2 Å². The van der Waals surface area contributed by atoms with Crippen LogP contribution in [0.3, 0.4) is 0 Å². The van der Waals surface area contributed by atoms with Crippen LogP contribution in [0.15, 0.2) is 96.2 Å². The summed E-state index contributed by atoms with van der Waals surface area (Å²) in [7, 11) is -3.76. The van der Waals surface area contributed by atoms with E-state index in [1.165, 1.54) is 48.5 Å². The van der Waals surface area contributed by atoms with Crippen LogP contribution in [0.25, 0.3) is 5.69 Å². The third-order valence-corrected chi connectivity index (χ3v) is 6.03. The van der Waals surface area contributed by atoms with Gasteiger partial charge in [0, 0.05) is 16.3 Å². The Labute approximate surface area is 184 Å². The third kappa shape index (κ3) is 4.93. The van der Waals surface area contributed by atoms with Crippen LogP contribution in [-0.2, 0) is 10.0 Å². The first-order valence-corrected chi connectivity index (χ1v) is 11.1. The van der Waals surface area contributed by atoms with Gasteiger partial charge < -0.3 is 5.32 Å². The lowest BCUT2D eigenvalue weighted by atomic mass is 10.2. The van der Waals surface area contributed by atoms with E-state index in [-0.39, 0.29) is 10.8 Å². The van der Waals surface area contributed by atoms with Gasteiger partial charge in [-0.2, -0.15) is 5.10 Å². The summed E-state index contributed by atoms with van der Waals surface area (Å²) in [6.45, 7) is 0. The summed E-state index contributed by atoms with van der Waals surface area (Å²) >= 11 is 5.80. The van der Waals surface area contributed by atoms with Crippen molar-refractivity contribution in [2.75, 3.05) is 10.0 Å². The molecule has 1 aromatic heterocycles. The summed E-state index contributed by atoms with van der Waals surface area (Å²) in [6, 6.07) is 21.5. The molecular formula is C22H17ClN4O3S. The van der Waals surface area contributed by atoms with E-state index in [4.69, 9.17) is 11.6 Å². The van der Waals surface area contributed by atoms with Crippen LogP contribution >= 0.6 is 11.6 Å². The Morgan fingerprint density at radius 2 is 1.55 bits per heavy atom. The normalized spacial score (nSPS) is 11.1. The highest BCUT2D eigenvalue weighted by Gasteiger charge is 2.15. The monoisotopic (exact) mass is 452 g/mol. The van der Waals surface area contributed by atoms with Crippen molar-refractivity contribution in [2.24, 2.45) is 0 Å². The number of hydrogen-bond acceptors (Lipinski definition) is 4. The molecule has 0 saturated heterocycles. The summed E-state index contributed by atoms with van der Waals surface area (Å²) in [4.78, 5) is 12.6. The maximum Gasteiger partial charge on any atom is 0.261 e. The van der Waals surface area contributed by atoms with E-state index in [0.717, 1.165) is 5.69 Å². The molecule has 3 aromatic carbocycles. The molecule has 1 heterocycles. The van der Waals surface area contributed by atoms with Gasteiger partial charge in [-0.25, -0.2) is 13.1 Å². The maximum atomic E-state index is 12.5. The Balaban J connectivity index is 1.43. The van der Waals surface area contributed by atoms with Crippen molar-refractivity contribution >= 4 is 38.9 Å². The Kier molecular flexibility index (Phi) is 5.75. The van der Waals surface area contributed by atoms with Gasteiger partial charge in [0.15, 0.2) is 0 Å². The molecule has 0 aliphatic heterocycles. The molecule has 0 unspecified atom stereocenters. The Hall–Kier alpha value is -3.62. The maximum absolute atomic E-state index is 12.5. The zero-order chi connectivity index (χ0) is 21.8.